The summed E-state index contributed by atoms with van der Waals surface area (Å²) in [5.74, 6) is 0.127. The van der Waals surface area contributed by atoms with Crippen molar-refractivity contribution in [1.29, 1.82) is 0 Å². The highest BCUT2D eigenvalue weighted by Crippen LogP contribution is 2.32. The first-order valence-electron chi connectivity index (χ1n) is 13.1. The SMILES string of the molecule is CC(C)OCCCNC(=O)CCCn1c(SCC(=O)NC2CCCC2)nc2c(sc3ccccc32)c1=O. The Hall–Kier alpha value is -2.43. The molecule has 1 aromatic carbocycles. The highest BCUT2D eigenvalue weighted by Gasteiger charge is 2.20. The number of thioether (sulfide) groups is 1. The van der Waals surface area contributed by atoms with Gasteiger partial charge < -0.3 is 15.4 Å². The van der Waals surface area contributed by atoms with E-state index in [1.54, 1.807) is 4.57 Å². The maximum Gasteiger partial charge on any atom is 0.272 e. The van der Waals surface area contributed by atoms with Gasteiger partial charge in [-0.1, -0.05) is 42.8 Å². The van der Waals surface area contributed by atoms with E-state index in [0.717, 1.165) is 42.2 Å². The molecule has 0 saturated heterocycles. The minimum atomic E-state index is -0.115. The van der Waals surface area contributed by atoms with Crippen molar-refractivity contribution in [2.24, 2.45) is 0 Å². The number of ether oxygens (including phenoxy) is 1. The third-order valence-corrected chi connectivity index (χ3v) is 8.50. The van der Waals surface area contributed by atoms with E-state index in [9.17, 15) is 14.4 Å². The minimum Gasteiger partial charge on any atom is -0.379 e. The van der Waals surface area contributed by atoms with Crippen LogP contribution in [0.3, 0.4) is 0 Å². The Morgan fingerprint density at radius 2 is 1.97 bits per heavy atom. The lowest BCUT2D eigenvalue weighted by atomic mass is 10.2. The Morgan fingerprint density at radius 3 is 2.76 bits per heavy atom. The molecular formula is C27H36N4O4S2. The molecule has 37 heavy (non-hydrogen) atoms. The molecular weight excluding hydrogens is 508 g/mol. The predicted molar refractivity (Wildman–Crippen MR) is 150 cm³/mol. The molecule has 200 valence electrons. The number of nitrogens with one attached hydrogen (secondary N) is 2. The van der Waals surface area contributed by atoms with E-state index < -0.39 is 0 Å². The van der Waals surface area contributed by atoms with Gasteiger partial charge in [-0.2, -0.15) is 0 Å². The number of hydrogen-bond donors (Lipinski definition) is 2. The molecule has 10 heteroatoms. The first kappa shape index (κ1) is 27.6. The van der Waals surface area contributed by atoms with Crippen molar-refractivity contribution in [3.05, 3.63) is 34.6 Å². The van der Waals surface area contributed by atoms with Crippen molar-refractivity contribution >= 4 is 55.2 Å². The Bertz CT molecular complexity index is 1280. The van der Waals surface area contributed by atoms with Gasteiger partial charge in [-0.05, 0) is 45.6 Å². The quantitative estimate of drug-likeness (QED) is 0.187. The van der Waals surface area contributed by atoms with Crippen molar-refractivity contribution in [3.8, 4) is 0 Å². The average Bonchev–Trinajstić information content (AvgIpc) is 3.52. The van der Waals surface area contributed by atoms with Crippen molar-refractivity contribution in [2.75, 3.05) is 18.9 Å². The molecule has 8 nitrogen and oxygen atoms in total. The fraction of sp³-hybridized carbons (Fsp3) is 0.556. The number of aromatic nitrogens is 2. The Labute approximate surface area is 225 Å². The molecule has 2 N–H and O–H groups in total. The van der Waals surface area contributed by atoms with Gasteiger partial charge in [0.15, 0.2) is 5.16 Å². The van der Waals surface area contributed by atoms with E-state index in [2.05, 4.69) is 10.6 Å². The molecule has 0 radical (unpaired) electrons. The summed E-state index contributed by atoms with van der Waals surface area (Å²) in [6.45, 7) is 5.52. The number of thiophene rings is 1. The van der Waals surface area contributed by atoms with E-state index in [1.165, 1.54) is 23.1 Å². The largest absolute Gasteiger partial charge is 0.379 e. The normalized spacial score (nSPS) is 14.1. The van der Waals surface area contributed by atoms with Gasteiger partial charge in [0.05, 0.1) is 17.4 Å². The first-order chi connectivity index (χ1) is 17.9. The number of carbonyl (C=O) groups is 2. The molecule has 2 aromatic heterocycles. The van der Waals surface area contributed by atoms with Gasteiger partial charge in [0.2, 0.25) is 11.8 Å². The Balaban J connectivity index is 1.43. The summed E-state index contributed by atoms with van der Waals surface area (Å²) in [5.41, 5.74) is 0.568. The number of rotatable bonds is 13. The monoisotopic (exact) mass is 544 g/mol. The summed E-state index contributed by atoms with van der Waals surface area (Å²) >= 11 is 2.73. The van der Waals surface area contributed by atoms with Crippen molar-refractivity contribution in [2.45, 2.75) is 82.6 Å². The van der Waals surface area contributed by atoms with E-state index in [4.69, 9.17) is 9.72 Å². The van der Waals surface area contributed by atoms with E-state index >= 15 is 0 Å². The smallest absolute Gasteiger partial charge is 0.272 e. The second-order valence-electron chi connectivity index (χ2n) is 9.69. The van der Waals surface area contributed by atoms with Crippen molar-refractivity contribution < 1.29 is 14.3 Å². The molecule has 2 heterocycles. The van der Waals surface area contributed by atoms with Gasteiger partial charge in [0, 0.05) is 42.2 Å². The number of hydrogen-bond acceptors (Lipinski definition) is 7. The van der Waals surface area contributed by atoms with Gasteiger partial charge in [0.25, 0.3) is 5.56 Å². The molecule has 1 saturated carbocycles. The average molecular weight is 545 g/mol. The van der Waals surface area contributed by atoms with Crippen LogP contribution in [0.4, 0.5) is 0 Å². The molecule has 2 amide bonds. The molecule has 0 bridgehead atoms. The van der Waals surface area contributed by atoms with Crippen LogP contribution in [0.15, 0.2) is 34.2 Å². The van der Waals surface area contributed by atoms with Crippen LogP contribution in [-0.4, -0.2) is 52.4 Å². The van der Waals surface area contributed by atoms with Crippen LogP contribution in [0.1, 0.15) is 58.8 Å². The standard InChI is InChI=1S/C27H36N4O4S2/c1-18(2)35-16-8-14-28-22(32)13-7-15-31-26(34)25-24(20-11-5-6-12-21(20)37-25)30-27(31)36-17-23(33)29-19-9-3-4-10-19/h5-6,11-12,18-19H,3-4,7-10,13-17H2,1-2H3,(H,28,32)(H,29,33). The fourth-order valence-electron chi connectivity index (χ4n) is 4.54. The lowest BCUT2D eigenvalue weighted by Gasteiger charge is -2.14. The molecule has 0 unspecified atom stereocenters. The van der Waals surface area contributed by atoms with Crippen LogP contribution < -0.4 is 16.2 Å². The van der Waals surface area contributed by atoms with Crippen LogP contribution in [0.5, 0.6) is 0 Å². The molecule has 0 spiro atoms. The van der Waals surface area contributed by atoms with Crippen LogP contribution in [0, 0.1) is 0 Å². The fourth-order valence-corrected chi connectivity index (χ4v) is 6.46. The summed E-state index contributed by atoms with van der Waals surface area (Å²) in [6, 6.07) is 8.11. The van der Waals surface area contributed by atoms with Crippen LogP contribution in [0.25, 0.3) is 20.3 Å². The van der Waals surface area contributed by atoms with Gasteiger partial charge in [-0.15, -0.1) is 11.3 Å². The maximum atomic E-state index is 13.5. The topological polar surface area (TPSA) is 102 Å². The molecule has 1 fully saturated rings. The number of nitrogens with zero attached hydrogens (tertiary/aromatic N) is 2. The first-order valence-corrected chi connectivity index (χ1v) is 14.9. The van der Waals surface area contributed by atoms with E-state index in [-0.39, 0.29) is 35.3 Å². The second-order valence-corrected chi connectivity index (χ2v) is 11.7. The number of carbonyl (C=O) groups excluding carboxylic acids is 2. The van der Waals surface area contributed by atoms with Crippen LogP contribution in [-0.2, 0) is 20.9 Å². The van der Waals surface area contributed by atoms with Crippen molar-refractivity contribution in [1.82, 2.24) is 20.2 Å². The third kappa shape index (κ3) is 7.55. The van der Waals surface area contributed by atoms with Crippen LogP contribution >= 0.6 is 23.1 Å². The molecule has 0 aliphatic heterocycles. The number of amides is 2. The molecule has 0 atom stereocenters. The van der Waals surface area contributed by atoms with E-state index in [1.807, 2.05) is 38.1 Å². The highest BCUT2D eigenvalue weighted by atomic mass is 32.2. The van der Waals surface area contributed by atoms with Gasteiger partial charge in [-0.3, -0.25) is 19.0 Å². The lowest BCUT2D eigenvalue weighted by Crippen LogP contribution is -2.34. The van der Waals surface area contributed by atoms with Crippen LogP contribution in [0.2, 0.25) is 0 Å². The summed E-state index contributed by atoms with van der Waals surface area (Å²) in [6.07, 6.45) is 6.13. The Morgan fingerprint density at radius 1 is 1.19 bits per heavy atom. The zero-order valence-corrected chi connectivity index (χ0v) is 23.2. The molecule has 1 aliphatic rings. The second kappa shape index (κ2) is 13.4. The zero-order valence-electron chi connectivity index (χ0n) is 21.6. The summed E-state index contributed by atoms with van der Waals surface area (Å²) < 4.78 is 8.75. The number of benzene rings is 1. The molecule has 3 aromatic rings. The van der Waals surface area contributed by atoms with Gasteiger partial charge in [-0.25, -0.2) is 4.98 Å². The summed E-state index contributed by atoms with van der Waals surface area (Å²) in [7, 11) is 0. The Kier molecular flexibility index (Phi) is 9.99. The third-order valence-electron chi connectivity index (χ3n) is 6.38. The zero-order chi connectivity index (χ0) is 26.2. The van der Waals surface area contributed by atoms with Gasteiger partial charge in [0.1, 0.15) is 4.70 Å². The van der Waals surface area contributed by atoms with Crippen molar-refractivity contribution in [3.63, 3.8) is 0 Å². The van der Waals surface area contributed by atoms with E-state index in [0.29, 0.717) is 47.9 Å². The highest BCUT2D eigenvalue weighted by molar-refractivity contribution is 7.99. The summed E-state index contributed by atoms with van der Waals surface area (Å²) in [4.78, 5) is 43.2. The van der Waals surface area contributed by atoms with Gasteiger partial charge >= 0.3 is 0 Å². The maximum absolute atomic E-state index is 13.5. The molecule has 1 aliphatic carbocycles. The number of fused-ring (bicyclic) bond motifs is 3. The lowest BCUT2D eigenvalue weighted by molar-refractivity contribution is -0.121. The molecule has 4 rings (SSSR count). The minimum absolute atomic E-state index is 0.0335. The predicted octanol–water partition coefficient (Wildman–Crippen LogP) is 4.47. The summed E-state index contributed by atoms with van der Waals surface area (Å²) in [5, 5.41) is 7.49.